The van der Waals surface area contributed by atoms with Crippen molar-refractivity contribution in [2.45, 2.75) is 18.9 Å². The highest BCUT2D eigenvalue weighted by Crippen LogP contribution is 2.28. The molecule has 35 heavy (non-hydrogen) atoms. The first kappa shape index (κ1) is 22.5. The summed E-state index contributed by atoms with van der Waals surface area (Å²) >= 11 is 0. The fourth-order valence-electron chi connectivity index (χ4n) is 3.79. The Morgan fingerprint density at radius 3 is 1.97 bits per heavy atom. The Kier molecular flexibility index (Phi) is 6.09. The molecular formula is C25H22F2N6O2. The zero-order chi connectivity index (χ0) is 24.4. The van der Waals surface area contributed by atoms with Gasteiger partial charge in [0.1, 0.15) is 23.0 Å². The van der Waals surface area contributed by atoms with Crippen molar-refractivity contribution in [2.24, 2.45) is 0 Å². The van der Waals surface area contributed by atoms with Crippen LogP contribution in [0.4, 0.5) is 8.78 Å². The van der Waals surface area contributed by atoms with Crippen LogP contribution in [0.15, 0.2) is 73.1 Å². The molecule has 2 heterocycles. The molecule has 0 aliphatic heterocycles. The number of nitrogens with one attached hydrogen (secondary N) is 1. The Hall–Kier alpha value is -4.34. The lowest BCUT2D eigenvalue weighted by Crippen LogP contribution is -2.40. The summed E-state index contributed by atoms with van der Waals surface area (Å²) in [6, 6.07) is 15.5. The molecule has 0 saturated heterocycles. The van der Waals surface area contributed by atoms with Gasteiger partial charge in [0.15, 0.2) is 11.4 Å². The molecule has 0 spiro atoms. The summed E-state index contributed by atoms with van der Waals surface area (Å²) in [5.74, 6) is -1.58. The molecule has 1 N–H and O–H groups in total. The molecule has 1 saturated carbocycles. The second-order valence-electron chi connectivity index (χ2n) is 8.18. The minimum absolute atomic E-state index is 0.0817. The number of amides is 2. The molecular weight excluding hydrogens is 454 g/mol. The van der Waals surface area contributed by atoms with Gasteiger partial charge in [0.25, 0.3) is 11.8 Å². The molecule has 0 unspecified atom stereocenters. The summed E-state index contributed by atoms with van der Waals surface area (Å²) in [7, 11) is 0. The van der Waals surface area contributed by atoms with Gasteiger partial charge in [-0.05, 0) is 49.2 Å². The van der Waals surface area contributed by atoms with Gasteiger partial charge in [-0.3, -0.25) is 9.59 Å². The van der Waals surface area contributed by atoms with E-state index in [9.17, 15) is 18.4 Å². The van der Waals surface area contributed by atoms with E-state index in [0.29, 0.717) is 0 Å². The molecule has 2 aromatic carbocycles. The number of aromatic nitrogens is 4. The van der Waals surface area contributed by atoms with Crippen LogP contribution in [0.1, 0.15) is 33.8 Å². The van der Waals surface area contributed by atoms with Crippen LogP contribution in [0.3, 0.4) is 0 Å². The van der Waals surface area contributed by atoms with Crippen molar-refractivity contribution in [1.29, 1.82) is 0 Å². The standard InChI is InChI=1S/C25H22F2N6O2/c26-18-5-1-3-7-22(18)32-14-11-20(29-32)24(34)28-13-16-31(17-9-10-17)25(35)21-12-15-33(30-21)23-8-4-2-6-19(23)27/h1-8,11-12,14-15,17H,9-10,13,16H2,(H,28,34). The van der Waals surface area contributed by atoms with Gasteiger partial charge in [-0.1, -0.05) is 24.3 Å². The summed E-state index contributed by atoms with van der Waals surface area (Å²) in [6.07, 6.45) is 4.81. The highest BCUT2D eigenvalue weighted by molar-refractivity contribution is 5.93. The van der Waals surface area contributed by atoms with Gasteiger partial charge < -0.3 is 10.2 Å². The number of benzene rings is 2. The Labute approximate surface area is 199 Å². The quantitative estimate of drug-likeness (QED) is 0.423. The second-order valence-corrected chi connectivity index (χ2v) is 8.18. The van der Waals surface area contributed by atoms with Crippen LogP contribution in [-0.2, 0) is 0 Å². The maximum Gasteiger partial charge on any atom is 0.274 e. The molecule has 8 nitrogen and oxygen atoms in total. The van der Waals surface area contributed by atoms with Crippen LogP contribution in [0.5, 0.6) is 0 Å². The first-order valence-corrected chi connectivity index (χ1v) is 11.2. The van der Waals surface area contributed by atoms with Crippen molar-refractivity contribution in [2.75, 3.05) is 13.1 Å². The second kappa shape index (κ2) is 9.49. The normalized spacial score (nSPS) is 13.0. The van der Waals surface area contributed by atoms with E-state index in [1.165, 1.54) is 33.8 Å². The SMILES string of the molecule is O=C(NCCN(C(=O)c1ccn(-c2ccccc2F)n1)C1CC1)c1ccn(-c2ccccc2F)n1. The van der Waals surface area contributed by atoms with E-state index < -0.39 is 17.5 Å². The van der Waals surface area contributed by atoms with E-state index in [0.717, 1.165) is 12.8 Å². The monoisotopic (exact) mass is 476 g/mol. The van der Waals surface area contributed by atoms with Crippen LogP contribution >= 0.6 is 0 Å². The molecule has 178 valence electrons. The number of hydrogen-bond acceptors (Lipinski definition) is 4. The van der Waals surface area contributed by atoms with Crippen molar-refractivity contribution in [3.05, 3.63) is 96.1 Å². The lowest BCUT2D eigenvalue weighted by Gasteiger charge is -2.21. The molecule has 10 heteroatoms. The summed E-state index contributed by atoms with van der Waals surface area (Å²) in [4.78, 5) is 27.3. The van der Waals surface area contributed by atoms with Crippen LogP contribution in [-0.4, -0.2) is 55.4 Å². The average molecular weight is 476 g/mol. The zero-order valence-corrected chi connectivity index (χ0v) is 18.6. The molecule has 2 amide bonds. The van der Waals surface area contributed by atoms with Gasteiger partial charge >= 0.3 is 0 Å². The predicted molar refractivity (Wildman–Crippen MR) is 123 cm³/mol. The van der Waals surface area contributed by atoms with E-state index in [2.05, 4.69) is 15.5 Å². The van der Waals surface area contributed by atoms with Gasteiger partial charge in [-0.15, -0.1) is 0 Å². The molecule has 0 radical (unpaired) electrons. The van der Waals surface area contributed by atoms with Crippen molar-refractivity contribution in [3.8, 4) is 11.4 Å². The maximum absolute atomic E-state index is 14.1. The summed E-state index contributed by atoms with van der Waals surface area (Å²) < 4.78 is 30.7. The van der Waals surface area contributed by atoms with Crippen molar-refractivity contribution < 1.29 is 18.4 Å². The largest absolute Gasteiger partial charge is 0.349 e. The molecule has 1 aliphatic carbocycles. The van der Waals surface area contributed by atoms with E-state index in [-0.39, 0.29) is 47.8 Å². The summed E-state index contributed by atoms with van der Waals surface area (Å²) in [6.45, 7) is 0.497. The van der Waals surface area contributed by atoms with Gasteiger partial charge in [0.05, 0.1) is 0 Å². The maximum atomic E-state index is 14.1. The number of halogens is 2. The lowest BCUT2D eigenvalue weighted by atomic mass is 10.3. The fourth-order valence-corrected chi connectivity index (χ4v) is 3.79. The van der Waals surface area contributed by atoms with Crippen LogP contribution < -0.4 is 5.32 Å². The number of nitrogens with zero attached hydrogens (tertiary/aromatic N) is 5. The lowest BCUT2D eigenvalue weighted by molar-refractivity contribution is 0.0730. The number of hydrogen-bond donors (Lipinski definition) is 1. The van der Waals surface area contributed by atoms with Gasteiger partial charge in [0, 0.05) is 31.5 Å². The van der Waals surface area contributed by atoms with Crippen LogP contribution in [0, 0.1) is 11.6 Å². The molecule has 0 bridgehead atoms. The van der Waals surface area contributed by atoms with Gasteiger partial charge in [-0.2, -0.15) is 10.2 Å². The molecule has 1 fully saturated rings. The number of carbonyl (C=O) groups excluding carboxylic acids is 2. The van der Waals surface area contributed by atoms with Gasteiger partial charge in [-0.25, -0.2) is 18.1 Å². The fraction of sp³-hybridized carbons (Fsp3) is 0.200. The molecule has 4 aromatic rings. The topological polar surface area (TPSA) is 85.0 Å². The third kappa shape index (κ3) is 4.81. The van der Waals surface area contributed by atoms with Crippen LogP contribution in [0.25, 0.3) is 11.4 Å². The first-order chi connectivity index (χ1) is 17.0. The zero-order valence-electron chi connectivity index (χ0n) is 18.6. The Morgan fingerprint density at radius 1 is 0.857 bits per heavy atom. The van der Waals surface area contributed by atoms with Crippen molar-refractivity contribution in [3.63, 3.8) is 0 Å². The Morgan fingerprint density at radius 2 is 1.40 bits per heavy atom. The first-order valence-electron chi connectivity index (χ1n) is 11.2. The highest BCUT2D eigenvalue weighted by Gasteiger charge is 2.33. The molecule has 0 atom stereocenters. The van der Waals surface area contributed by atoms with Crippen molar-refractivity contribution >= 4 is 11.8 Å². The highest BCUT2D eigenvalue weighted by atomic mass is 19.1. The van der Waals surface area contributed by atoms with E-state index in [1.807, 2.05) is 0 Å². The van der Waals surface area contributed by atoms with E-state index in [4.69, 9.17) is 0 Å². The van der Waals surface area contributed by atoms with E-state index >= 15 is 0 Å². The van der Waals surface area contributed by atoms with Gasteiger partial charge in [0.2, 0.25) is 0 Å². The van der Waals surface area contributed by atoms with E-state index in [1.54, 1.807) is 53.6 Å². The Bertz CT molecular complexity index is 1380. The minimum atomic E-state index is -0.446. The minimum Gasteiger partial charge on any atom is -0.349 e. The Balaban J connectivity index is 1.21. The smallest absolute Gasteiger partial charge is 0.274 e. The third-order valence-electron chi connectivity index (χ3n) is 5.72. The average Bonchev–Trinajstić information content (AvgIpc) is 3.37. The summed E-state index contributed by atoms with van der Waals surface area (Å²) in [5.41, 5.74) is 0.842. The number of para-hydroxylation sites is 2. The number of carbonyl (C=O) groups is 2. The van der Waals surface area contributed by atoms with Crippen molar-refractivity contribution in [1.82, 2.24) is 29.8 Å². The van der Waals surface area contributed by atoms with Crippen LogP contribution in [0.2, 0.25) is 0 Å². The third-order valence-corrected chi connectivity index (χ3v) is 5.72. The summed E-state index contributed by atoms with van der Waals surface area (Å²) in [5, 5.41) is 11.2. The molecule has 5 rings (SSSR count). The predicted octanol–water partition coefficient (Wildman–Crippen LogP) is 3.37. The molecule has 2 aromatic heterocycles. The number of rotatable bonds is 8. The molecule has 1 aliphatic rings.